The van der Waals surface area contributed by atoms with Crippen LogP contribution in [0, 0.1) is 13.8 Å². The van der Waals surface area contributed by atoms with Crippen molar-refractivity contribution in [3.63, 3.8) is 0 Å². The molecular weight excluding hydrogens is 324 g/mol. The number of carbonyl (C=O) groups is 1. The number of nitrogens with zero attached hydrogens (tertiary/aromatic N) is 5. The van der Waals surface area contributed by atoms with E-state index in [2.05, 4.69) is 25.7 Å². The molecule has 1 saturated heterocycles. The number of rotatable bonds is 4. The molecular formula is C16H24N6OS. The van der Waals surface area contributed by atoms with Gasteiger partial charge in [-0.2, -0.15) is 5.10 Å². The van der Waals surface area contributed by atoms with Crippen molar-refractivity contribution in [2.24, 2.45) is 0 Å². The van der Waals surface area contributed by atoms with Crippen molar-refractivity contribution in [2.45, 2.75) is 33.9 Å². The van der Waals surface area contributed by atoms with Crippen LogP contribution in [0.4, 0.5) is 10.5 Å². The Bertz CT molecular complexity index is 688. The molecule has 2 aromatic heterocycles. The second-order valence-electron chi connectivity index (χ2n) is 6.03. The molecule has 0 saturated carbocycles. The molecule has 8 heteroatoms. The van der Waals surface area contributed by atoms with Crippen LogP contribution in [-0.4, -0.2) is 56.8 Å². The zero-order valence-corrected chi connectivity index (χ0v) is 15.3. The van der Waals surface area contributed by atoms with Gasteiger partial charge in [-0.3, -0.25) is 9.58 Å². The van der Waals surface area contributed by atoms with Crippen LogP contribution >= 0.6 is 11.3 Å². The van der Waals surface area contributed by atoms with Crippen molar-refractivity contribution in [1.29, 1.82) is 0 Å². The summed E-state index contributed by atoms with van der Waals surface area (Å²) in [5.74, 6) is 0. The summed E-state index contributed by atoms with van der Waals surface area (Å²) >= 11 is 1.62. The standard InChI is InChI=1S/C16H24N6OS/c1-4-22-13(3)15(12(2)19-22)18-16(23)21-7-5-20(6-8-21)9-14-10-24-11-17-14/h10-11H,4-9H2,1-3H3,(H,18,23). The zero-order chi connectivity index (χ0) is 17.1. The minimum absolute atomic E-state index is 0.0369. The van der Waals surface area contributed by atoms with Crippen LogP contribution in [0.5, 0.6) is 0 Å². The lowest BCUT2D eigenvalue weighted by atomic mass is 10.3. The van der Waals surface area contributed by atoms with E-state index < -0.39 is 0 Å². The Hall–Kier alpha value is -1.93. The quantitative estimate of drug-likeness (QED) is 0.921. The van der Waals surface area contributed by atoms with E-state index in [0.29, 0.717) is 0 Å². The van der Waals surface area contributed by atoms with E-state index in [-0.39, 0.29) is 6.03 Å². The normalized spacial score (nSPS) is 15.7. The van der Waals surface area contributed by atoms with E-state index in [0.717, 1.165) is 62.0 Å². The molecule has 1 aliphatic rings. The molecule has 0 aromatic carbocycles. The number of hydrogen-bond donors (Lipinski definition) is 1. The van der Waals surface area contributed by atoms with Crippen LogP contribution in [0.1, 0.15) is 24.0 Å². The summed E-state index contributed by atoms with van der Waals surface area (Å²) in [7, 11) is 0. The van der Waals surface area contributed by atoms with Gasteiger partial charge in [0.2, 0.25) is 0 Å². The Kier molecular flexibility index (Phi) is 5.15. The van der Waals surface area contributed by atoms with Gasteiger partial charge in [0.15, 0.2) is 0 Å². The highest BCUT2D eigenvalue weighted by molar-refractivity contribution is 7.07. The number of amides is 2. The van der Waals surface area contributed by atoms with Gasteiger partial charge < -0.3 is 10.2 Å². The van der Waals surface area contributed by atoms with Crippen LogP contribution in [0.15, 0.2) is 10.9 Å². The Morgan fingerprint density at radius 3 is 2.62 bits per heavy atom. The van der Waals surface area contributed by atoms with Crippen molar-refractivity contribution in [3.8, 4) is 0 Å². The molecule has 1 N–H and O–H groups in total. The van der Waals surface area contributed by atoms with Gasteiger partial charge in [0.05, 0.1) is 28.3 Å². The van der Waals surface area contributed by atoms with E-state index in [4.69, 9.17) is 0 Å². The molecule has 2 amide bonds. The minimum atomic E-state index is -0.0369. The lowest BCUT2D eigenvalue weighted by Crippen LogP contribution is -2.49. The SMILES string of the molecule is CCn1nc(C)c(NC(=O)N2CCN(Cc3cscn3)CC2)c1C. The second kappa shape index (κ2) is 7.31. The molecule has 0 radical (unpaired) electrons. The van der Waals surface area contributed by atoms with Gasteiger partial charge in [-0.05, 0) is 20.8 Å². The van der Waals surface area contributed by atoms with Gasteiger partial charge in [0, 0.05) is 44.6 Å². The Labute approximate surface area is 146 Å². The first kappa shape index (κ1) is 16.9. The molecule has 3 heterocycles. The Morgan fingerprint density at radius 2 is 2.04 bits per heavy atom. The fourth-order valence-electron chi connectivity index (χ4n) is 3.03. The Morgan fingerprint density at radius 1 is 1.29 bits per heavy atom. The topological polar surface area (TPSA) is 66.3 Å². The largest absolute Gasteiger partial charge is 0.322 e. The molecule has 7 nitrogen and oxygen atoms in total. The van der Waals surface area contributed by atoms with Gasteiger partial charge in [0.25, 0.3) is 0 Å². The highest BCUT2D eigenvalue weighted by Gasteiger charge is 2.23. The number of carbonyl (C=O) groups excluding carboxylic acids is 1. The van der Waals surface area contributed by atoms with Crippen molar-refractivity contribution >= 4 is 23.1 Å². The zero-order valence-electron chi connectivity index (χ0n) is 14.4. The van der Waals surface area contributed by atoms with Gasteiger partial charge in [-0.25, -0.2) is 9.78 Å². The molecule has 1 fully saturated rings. The molecule has 0 spiro atoms. The maximum absolute atomic E-state index is 12.5. The average molecular weight is 348 g/mol. The van der Waals surface area contributed by atoms with Gasteiger partial charge in [-0.15, -0.1) is 11.3 Å². The fourth-order valence-corrected chi connectivity index (χ4v) is 3.58. The first-order valence-electron chi connectivity index (χ1n) is 8.27. The second-order valence-corrected chi connectivity index (χ2v) is 6.75. The predicted octanol–water partition coefficient (Wildman–Crippen LogP) is 2.33. The lowest BCUT2D eigenvalue weighted by Gasteiger charge is -2.34. The number of anilines is 1. The number of aromatic nitrogens is 3. The molecule has 0 atom stereocenters. The number of piperazine rings is 1. The summed E-state index contributed by atoms with van der Waals surface area (Å²) in [6.07, 6.45) is 0. The highest BCUT2D eigenvalue weighted by atomic mass is 32.1. The highest BCUT2D eigenvalue weighted by Crippen LogP contribution is 2.20. The van der Waals surface area contributed by atoms with E-state index >= 15 is 0 Å². The van der Waals surface area contributed by atoms with Crippen molar-refractivity contribution in [3.05, 3.63) is 28.0 Å². The van der Waals surface area contributed by atoms with Crippen LogP contribution in [-0.2, 0) is 13.1 Å². The number of nitrogens with one attached hydrogen (secondary N) is 1. The maximum atomic E-state index is 12.5. The average Bonchev–Trinajstić information content (AvgIpc) is 3.18. The first-order chi connectivity index (χ1) is 11.6. The van der Waals surface area contributed by atoms with E-state index in [1.54, 1.807) is 11.3 Å². The summed E-state index contributed by atoms with van der Waals surface area (Å²) in [5, 5.41) is 9.57. The van der Waals surface area contributed by atoms with Crippen molar-refractivity contribution in [2.75, 3.05) is 31.5 Å². The van der Waals surface area contributed by atoms with E-state index in [1.807, 2.05) is 35.9 Å². The number of hydrogen-bond acceptors (Lipinski definition) is 5. The fraction of sp³-hybridized carbons (Fsp3) is 0.562. The van der Waals surface area contributed by atoms with Crippen molar-refractivity contribution in [1.82, 2.24) is 24.6 Å². The number of aryl methyl sites for hydroxylation is 2. The predicted molar refractivity (Wildman–Crippen MR) is 95.4 cm³/mol. The maximum Gasteiger partial charge on any atom is 0.322 e. The molecule has 0 unspecified atom stereocenters. The third-order valence-electron chi connectivity index (χ3n) is 4.44. The third-order valence-corrected chi connectivity index (χ3v) is 5.08. The third kappa shape index (κ3) is 3.59. The first-order valence-corrected chi connectivity index (χ1v) is 9.22. The minimum Gasteiger partial charge on any atom is -0.322 e. The lowest BCUT2D eigenvalue weighted by molar-refractivity contribution is 0.142. The van der Waals surface area contributed by atoms with Crippen LogP contribution < -0.4 is 5.32 Å². The Balaban J connectivity index is 1.55. The van der Waals surface area contributed by atoms with Gasteiger partial charge >= 0.3 is 6.03 Å². The van der Waals surface area contributed by atoms with E-state index in [1.165, 1.54) is 0 Å². The number of thiazole rings is 1. The van der Waals surface area contributed by atoms with Gasteiger partial charge in [-0.1, -0.05) is 0 Å². The van der Waals surface area contributed by atoms with Crippen molar-refractivity contribution < 1.29 is 4.79 Å². The summed E-state index contributed by atoms with van der Waals surface area (Å²) in [6, 6.07) is -0.0369. The van der Waals surface area contributed by atoms with Gasteiger partial charge in [0.1, 0.15) is 0 Å². The molecule has 3 rings (SSSR count). The summed E-state index contributed by atoms with van der Waals surface area (Å²) in [6.45, 7) is 10.8. The molecule has 1 aliphatic heterocycles. The summed E-state index contributed by atoms with van der Waals surface area (Å²) in [4.78, 5) is 21.1. The summed E-state index contributed by atoms with van der Waals surface area (Å²) in [5.41, 5.74) is 5.68. The molecule has 24 heavy (non-hydrogen) atoms. The van der Waals surface area contributed by atoms with Crippen LogP contribution in [0.3, 0.4) is 0 Å². The summed E-state index contributed by atoms with van der Waals surface area (Å²) < 4.78 is 1.91. The molecule has 2 aromatic rings. The van der Waals surface area contributed by atoms with Crippen LogP contribution in [0.25, 0.3) is 0 Å². The molecule has 130 valence electrons. The smallest absolute Gasteiger partial charge is 0.322 e. The molecule has 0 aliphatic carbocycles. The van der Waals surface area contributed by atoms with Crippen LogP contribution in [0.2, 0.25) is 0 Å². The number of urea groups is 1. The van der Waals surface area contributed by atoms with E-state index in [9.17, 15) is 4.79 Å². The monoisotopic (exact) mass is 348 g/mol. The molecule has 0 bridgehead atoms.